The maximum Gasteiger partial charge on any atom is 0.0175 e. The van der Waals surface area contributed by atoms with Crippen molar-refractivity contribution in [1.82, 2.24) is 4.90 Å². The van der Waals surface area contributed by atoms with E-state index in [0.717, 1.165) is 16.9 Å². The molecule has 1 fully saturated rings. The number of rotatable bonds is 5. The first-order chi connectivity index (χ1) is 9.24. The van der Waals surface area contributed by atoms with Crippen LogP contribution in [0.2, 0.25) is 0 Å². The summed E-state index contributed by atoms with van der Waals surface area (Å²) in [5.41, 5.74) is 7.44. The van der Waals surface area contributed by atoms with Crippen molar-refractivity contribution in [3.63, 3.8) is 0 Å². The topological polar surface area (TPSA) is 29.3 Å². The van der Waals surface area contributed by atoms with Crippen LogP contribution in [0.3, 0.4) is 0 Å². The van der Waals surface area contributed by atoms with Crippen LogP contribution in [0.25, 0.3) is 0 Å². The van der Waals surface area contributed by atoms with E-state index in [9.17, 15) is 0 Å². The molecule has 0 aromatic heterocycles. The SMILES string of the molecule is CCCN1CCC(C(CN)c2ccc(Br)cc2)CC1. The number of benzene rings is 1. The Bertz CT molecular complexity index is 369. The van der Waals surface area contributed by atoms with E-state index in [2.05, 4.69) is 52.0 Å². The van der Waals surface area contributed by atoms with Gasteiger partial charge in [0.25, 0.3) is 0 Å². The Kier molecular flexibility index (Phi) is 5.86. The van der Waals surface area contributed by atoms with E-state index in [1.165, 1.54) is 44.5 Å². The highest BCUT2D eigenvalue weighted by Crippen LogP contribution is 2.32. The second kappa shape index (κ2) is 7.41. The predicted octanol–water partition coefficient (Wildman–Crippen LogP) is 3.61. The molecule has 1 aromatic rings. The van der Waals surface area contributed by atoms with Crippen molar-refractivity contribution in [1.29, 1.82) is 0 Å². The summed E-state index contributed by atoms with van der Waals surface area (Å²) in [5, 5.41) is 0. The van der Waals surface area contributed by atoms with E-state index < -0.39 is 0 Å². The minimum atomic E-state index is 0.525. The average Bonchev–Trinajstić information content (AvgIpc) is 2.44. The number of hydrogen-bond donors (Lipinski definition) is 1. The number of nitrogens with two attached hydrogens (primary N) is 1. The Morgan fingerprint density at radius 1 is 1.26 bits per heavy atom. The summed E-state index contributed by atoms with van der Waals surface area (Å²) in [6, 6.07) is 8.70. The van der Waals surface area contributed by atoms with Crippen molar-refractivity contribution in [3.8, 4) is 0 Å². The summed E-state index contributed by atoms with van der Waals surface area (Å²) in [6.07, 6.45) is 3.84. The molecule has 0 amide bonds. The molecule has 1 heterocycles. The molecule has 3 heteroatoms. The van der Waals surface area contributed by atoms with E-state index in [1.54, 1.807) is 0 Å². The maximum absolute atomic E-state index is 6.04. The van der Waals surface area contributed by atoms with Crippen LogP contribution in [-0.4, -0.2) is 31.1 Å². The minimum absolute atomic E-state index is 0.525. The number of piperidine rings is 1. The summed E-state index contributed by atoms with van der Waals surface area (Å²) in [6.45, 7) is 6.76. The van der Waals surface area contributed by atoms with Crippen LogP contribution in [0, 0.1) is 5.92 Å². The lowest BCUT2D eigenvalue weighted by molar-refractivity contribution is 0.169. The second-order valence-electron chi connectivity index (χ2n) is 5.57. The lowest BCUT2D eigenvalue weighted by Gasteiger charge is -2.35. The van der Waals surface area contributed by atoms with Crippen molar-refractivity contribution < 1.29 is 0 Å². The molecule has 1 aliphatic rings. The monoisotopic (exact) mass is 324 g/mol. The van der Waals surface area contributed by atoms with Crippen molar-refractivity contribution in [2.75, 3.05) is 26.2 Å². The van der Waals surface area contributed by atoms with Gasteiger partial charge in [0.2, 0.25) is 0 Å². The highest BCUT2D eigenvalue weighted by atomic mass is 79.9. The molecule has 1 saturated heterocycles. The van der Waals surface area contributed by atoms with Crippen LogP contribution in [0.5, 0.6) is 0 Å². The number of likely N-dealkylation sites (tertiary alicyclic amines) is 1. The van der Waals surface area contributed by atoms with Crippen molar-refractivity contribution >= 4 is 15.9 Å². The summed E-state index contributed by atoms with van der Waals surface area (Å²) in [4.78, 5) is 2.59. The fourth-order valence-corrected chi connectivity index (χ4v) is 3.47. The fourth-order valence-electron chi connectivity index (χ4n) is 3.21. The van der Waals surface area contributed by atoms with Gasteiger partial charge in [0.15, 0.2) is 0 Å². The van der Waals surface area contributed by atoms with Gasteiger partial charge in [0.1, 0.15) is 0 Å². The predicted molar refractivity (Wildman–Crippen MR) is 85.4 cm³/mol. The molecule has 0 saturated carbocycles. The smallest absolute Gasteiger partial charge is 0.0175 e. The van der Waals surface area contributed by atoms with E-state index in [1.807, 2.05) is 0 Å². The Morgan fingerprint density at radius 3 is 2.42 bits per heavy atom. The molecule has 2 rings (SSSR count). The van der Waals surface area contributed by atoms with Gasteiger partial charge in [-0.25, -0.2) is 0 Å². The molecule has 0 bridgehead atoms. The van der Waals surface area contributed by atoms with E-state index >= 15 is 0 Å². The largest absolute Gasteiger partial charge is 0.330 e. The van der Waals surface area contributed by atoms with Gasteiger partial charge in [-0.2, -0.15) is 0 Å². The Morgan fingerprint density at radius 2 is 1.89 bits per heavy atom. The van der Waals surface area contributed by atoms with E-state index in [-0.39, 0.29) is 0 Å². The standard InChI is InChI=1S/C16H25BrN2/c1-2-9-19-10-7-14(8-11-19)16(12-18)13-3-5-15(17)6-4-13/h3-6,14,16H,2,7-12,18H2,1H3. The number of hydrogen-bond acceptors (Lipinski definition) is 2. The van der Waals surface area contributed by atoms with Crippen LogP contribution < -0.4 is 5.73 Å². The summed E-state index contributed by atoms with van der Waals surface area (Å²) < 4.78 is 1.14. The van der Waals surface area contributed by atoms with Gasteiger partial charge < -0.3 is 10.6 Å². The van der Waals surface area contributed by atoms with Crippen LogP contribution >= 0.6 is 15.9 Å². The molecule has 19 heavy (non-hydrogen) atoms. The molecule has 0 radical (unpaired) electrons. The van der Waals surface area contributed by atoms with Gasteiger partial charge in [-0.05, 0) is 75.0 Å². The molecular formula is C16H25BrN2. The van der Waals surface area contributed by atoms with Crippen molar-refractivity contribution in [2.45, 2.75) is 32.1 Å². The first-order valence-electron chi connectivity index (χ1n) is 7.42. The second-order valence-corrected chi connectivity index (χ2v) is 6.49. The van der Waals surface area contributed by atoms with E-state index in [0.29, 0.717) is 5.92 Å². The first kappa shape index (κ1) is 15.0. The zero-order chi connectivity index (χ0) is 13.7. The summed E-state index contributed by atoms with van der Waals surface area (Å²) in [7, 11) is 0. The molecule has 106 valence electrons. The minimum Gasteiger partial charge on any atom is -0.330 e. The van der Waals surface area contributed by atoms with Gasteiger partial charge in [0.05, 0.1) is 0 Å². The van der Waals surface area contributed by atoms with Gasteiger partial charge in [0, 0.05) is 4.47 Å². The zero-order valence-corrected chi connectivity index (χ0v) is 13.4. The van der Waals surface area contributed by atoms with Crippen LogP contribution in [-0.2, 0) is 0 Å². The molecule has 1 aliphatic heterocycles. The Labute approximate surface area is 125 Å². The molecular weight excluding hydrogens is 300 g/mol. The third-order valence-corrected chi connectivity index (χ3v) is 4.82. The lowest BCUT2D eigenvalue weighted by Crippen LogP contribution is -2.37. The normalized spacial score (nSPS) is 19.5. The summed E-state index contributed by atoms with van der Waals surface area (Å²) in [5.74, 6) is 1.27. The third kappa shape index (κ3) is 4.04. The molecule has 1 atom stereocenters. The Balaban J connectivity index is 1.97. The maximum atomic E-state index is 6.04. The molecule has 1 unspecified atom stereocenters. The van der Waals surface area contributed by atoms with Crippen LogP contribution in [0.1, 0.15) is 37.7 Å². The summed E-state index contributed by atoms with van der Waals surface area (Å²) >= 11 is 3.50. The van der Waals surface area contributed by atoms with Gasteiger partial charge in [-0.15, -0.1) is 0 Å². The van der Waals surface area contributed by atoms with Gasteiger partial charge in [-0.1, -0.05) is 35.0 Å². The molecule has 1 aromatic carbocycles. The average molecular weight is 325 g/mol. The van der Waals surface area contributed by atoms with Crippen molar-refractivity contribution in [2.24, 2.45) is 11.7 Å². The zero-order valence-electron chi connectivity index (χ0n) is 11.8. The molecule has 2 N–H and O–H groups in total. The third-order valence-electron chi connectivity index (χ3n) is 4.29. The number of nitrogens with zero attached hydrogens (tertiary/aromatic N) is 1. The van der Waals surface area contributed by atoms with Crippen molar-refractivity contribution in [3.05, 3.63) is 34.3 Å². The van der Waals surface area contributed by atoms with Gasteiger partial charge in [-0.3, -0.25) is 0 Å². The molecule has 2 nitrogen and oxygen atoms in total. The van der Waals surface area contributed by atoms with E-state index in [4.69, 9.17) is 5.73 Å². The highest BCUT2D eigenvalue weighted by molar-refractivity contribution is 9.10. The van der Waals surface area contributed by atoms with Gasteiger partial charge >= 0.3 is 0 Å². The van der Waals surface area contributed by atoms with Crippen LogP contribution in [0.4, 0.5) is 0 Å². The molecule has 0 spiro atoms. The fraction of sp³-hybridized carbons (Fsp3) is 0.625. The quantitative estimate of drug-likeness (QED) is 0.896. The lowest BCUT2D eigenvalue weighted by atomic mass is 9.80. The highest BCUT2D eigenvalue weighted by Gasteiger charge is 2.26. The first-order valence-corrected chi connectivity index (χ1v) is 8.21. The number of halogens is 1. The van der Waals surface area contributed by atoms with Crippen LogP contribution in [0.15, 0.2) is 28.7 Å². The Hall–Kier alpha value is -0.380. The molecule has 0 aliphatic carbocycles.